The van der Waals surface area contributed by atoms with Crippen molar-refractivity contribution < 1.29 is 0 Å². The van der Waals surface area contributed by atoms with Crippen molar-refractivity contribution in [3.63, 3.8) is 0 Å². The standard InChI is InChI=1S/C17H22N4/c1-13-6-4-5-9-21(13)14-11-20(12-14)17-10-18-15-7-2-3-8-16(15)19-17/h2-3,7-8,10,13-14H,4-6,9,11-12H2,1H3. The Kier molecular flexibility index (Phi) is 3.26. The summed E-state index contributed by atoms with van der Waals surface area (Å²) in [6.07, 6.45) is 6.02. The molecular weight excluding hydrogens is 260 g/mol. The molecule has 0 saturated carbocycles. The number of anilines is 1. The average molecular weight is 282 g/mol. The molecule has 4 rings (SSSR count). The lowest BCUT2D eigenvalue weighted by molar-refractivity contribution is 0.0873. The summed E-state index contributed by atoms with van der Waals surface area (Å²) in [5, 5.41) is 0. The van der Waals surface area contributed by atoms with Crippen LogP contribution < -0.4 is 4.90 Å². The molecule has 21 heavy (non-hydrogen) atoms. The highest BCUT2D eigenvalue weighted by Gasteiger charge is 2.35. The van der Waals surface area contributed by atoms with Crippen LogP contribution in [0.2, 0.25) is 0 Å². The summed E-state index contributed by atoms with van der Waals surface area (Å²) < 4.78 is 0. The maximum absolute atomic E-state index is 4.74. The highest BCUT2D eigenvalue weighted by molar-refractivity contribution is 5.75. The molecule has 1 aromatic carbocycles. The van der Waals surface area contributed by atoms with Crippen molar-refractivity contribution in [2.75, 3.05) is 24.5 Å². The number of nitrogens with zero attached hydrogens (tertiary/aromatic N) is 4. The maximum atomic E-state index is 4.74. The van der Waals surface area contributed by atoms with Crippen molar-refractivity contribution in [2.24, 2.45) is 0 Å². The molecule has 0 bridgehead atoms. The predicted octanol–water partition coefficient (Wildman–Crippen LogP) is 2.69. The molecule has 110 valence electrons. The minimum Gasteiger partial charge on any atom is -0.352 e. The SMILES string of the molecule is CC1CCCCN1C1CN(c2cnc3ccccc3n2)C1. The number of hydrogen-bond donors (Lipinski definition) is 0. The van der Waals surface area contributed by atoms with Gasteiger partial charge in [0.25, 0.3) is 0 Å². The number of fused-ring (bicyclic) bond motifs is 1. The molecule has 1 aromatic heterocycles. The Labute approximate surface area is 125 Å². The Morgan fingerprint density at radius 3 is 2.71 bits per heavy atom. The Balaban J connectivity index is 1.46. The summed E-state index contributed by atoms with van der Waals surface area (Å²) in [5.74, 6) is 1.02. The third kappa shape index (κ3) is 2.38. The summed E-state index contributed by atoms with van der Waals surface area (Å²) in [5.41, 5.74) is 1.97. The third-order valence-electron chi connectivity index (χ3n) is 4.95. The summed E-state index contributed by atoms with van der Waals surface area (Å²) in [6, 6.07) is 9.53. The Morgan fingerprint density at radius 1 is 1.10 bits per heavy atom. The molecular formula is C17H22N4. The van der Waals surface area contributed by atoms with E-state index in [4.69, 9.17) is 4.98 Å². The van der Waals surface area contributed by atoms with Gasteiger partial charge in [-0.15, -0.1) is 0 Å². The van der Waals surface area contributed by atoms with Crippen molar-refractivity contribution >= 4 is 16.9 Å². The van der Waals surface area contributed by atoms with Crippen LogP contribution in [0, 0.1) is 0 Å². The summed E-state index contributed by atoms with van der Waals surface area (Å²) in [4.78, 5) is 14.3. The number of hydrogen-bond acceptors (Lipinski definition) is 4. The van der Waals surface area contributed by atoms with Crippen LogP contribution in [0.3, 0.4) is 0 Å². The molecule has 2 saturated heterocycles. The van der Waals surface area contributed by atoms with Gasteiger partial charge in [-0.25, -0.2) is 4.98 Å². The second-order valence-electron chi connectivity index (χ2n) is 6.36. The van der Waals surface area contributed by atoms with E-state index in [1.54, 1.807) is 0 Å². The number of para-hydroxylation sites is 2. The van der Waals surface area contributed by atoms with Crippen LogP contribution in [0.5, 0.6) is 0 Å². The van der Waals surface area contributed by atoms with Crippen molar-refractivity contribution in [2.45, 2.75) is 38.3 Å². The lowest BCUT2D eigenvalue weighted by Gasteiger charge is -2.49. The van der Waals surface area contributed by atoms with Gasteiger partial charge >= 0.3 is 0 Å². The Morgan fingerprint density at radius 2 is 1.90 bits per heavy atom. The molecule has 2 aromatic rings. The largest absolute Gasteiger partial charge is 0.352 e. The van der Waals surface area contributed by atoms with Crippen molar-refractivity contribution in [1.29, 1.82) is 0 Å². The highest BCUT2D eigenvalue weighted by Crippen LogP contribution is 2.27. The van der Waals surface area contributed by atoms with Gasteiger partial charge in [0, 0.05) is 25.2 Å². The van der Waals surface area contributed by atoms with Crippen LogP contribution in [0.1, 0.15) is 26.2 Å². The minimum absolute atomic E-state index is 0.702. The van der Waals surface area contributed by atoms with E-state index in [-0.39, 0.29) is 0 Å². The van der Waals surface area contributed by atoms with Gasteiger partial charge in [0.15, 0.2) is 0 Å². The zero-order valence-electron chi connectivity index (χ0n) is 12.6. The van der Waals surface area contributed by atoms with E-state index >= 15 is 0 Å². The van der Waals surface area contributed by atoms with Crippen molar-refractivity contribution in [1.82, 2.24) is 14.9 Å². The van der Waals surface area contributed by atoms with Crippen LogP contribution in [0.25, 0.3) is 11.0 Å². The average Bonchev–Trinajstić information content (AvgIpc) is 2.47. The number of piperidine rings is 1. The third-order valence-corrected chi connectivity index (χ3v) is 4.95. The lowest BCUT2D eigenvalue weighted by atomic mass is 9.97. The molecule has 4 heteroatoms. The molecule has 1 atom stereocenters. The molecule has 0 amide bonds. The molecule has 3 heterocycles. The maximum Gasteiger partial charge on any atom is 0.147 e. The van der Waals surface area contributed by atoms with E-state index in [0.29, 0.717) is 6.04 Å². The molecule has 2 fully saturated rings. The molecule has 2 aliphatic heterocycles. The van der Waals surface area contributed by atoms with Gasteiger partial charge in [-0.05, 0) is 38.4 Å². The topological polar surface area (TPSA) is 32.3 Å². The van der Waals surface area contributed by atoms with Gasteiger partial charge < -0.3 is 4.90 Å². The number of rotatable bonds is 2. The fraction of sp³-hybridized carbons (Fsp3) is 0.529. The van der Waals surface area contributed by atoms with Crippen LogP contribution in [-0.4, -0.2) is 46.6 Å². The quantitative estimate of drug-likeness (QED) is 0.848. The summed E-state index contributed by atoms with van der Waals surface area (Å²) in [6.45, 7) is 5.83. The monoisotopic (exact) mass is 282 g/mol. The van der Waals surface area contributed by atoms with Crippen LogP contribution in [0.15, 0.2) is 30.5 Å². The van der Waals surface area contributed by atoms with E-state index < -0.39 is 0 Å². The normalized spacial score (nSPS) is 24.2. The van der Waals surface area contributed by atoms with Gasteiger partial charge in [0.1, 0.15) is 5.82 Å². The number of aromatic nitrogens is 2. The van der Waals surface area contributed by atoms with Crippen molar-refractivity contribution in [3.8, 4) is 0 Å². The van der Waals surface area contributed by atoms with Gasteiger partial charge in [-0.3, -0.25) is 9.88 Å². The zero-order chi connectivity index (χ0) is 14.2. The molecule has 4 nitrogen and oxygen atoms in total. The van der Waals surface area contributed by atoms with E-state index in [2.05, 4.69) is 21.7 Å². The van der Waals surface area contributed by atoms with Gasteiger partial charge in [-0.1, -0.05) is 18.6 Å². The number of likely N-dealkylation sites (tertiary alicyclic amines) is 1. The molecule has 2 aliphatic rings. The first kappa shape index (κ1) is 13.0. The van der Waals surface area contributed by atoms with Crippen LogP contribution >= 0.6 is 0 Å². The fourth-order valence-corrected chi connectivity index (χ4v) is 3.61. The predicted molar refractivity (Wildman–Crippen MR) is 85.6 cm³/mol. The van der Waals surface area contributed by atoms with Crippen molar-refractivity contribution in [3.05, 3.63) is 30.5 Å². The van der Waals surface area contributed by atoms with Gasteiger partial charge in [0.05, 0.1) is 17.2 Å². The highest BCUT2D eigenvalue weighted by atomic mass is 15.3. The van der Waals surface area contributed by atoms with E-state index in [0.717, 1.165) is 36.0 Å². The minimum atomic E-state index is 0.702. The Bertz CT molecular complexity index is 635. The Hall–Kier alpha value is -1.68. The van der Waals surface area contributed by atoms with Crippen LogP contribution in [0.4, 0.5) is 5.82 Å². The fourth-order valence-electron chi connectivity index (χ4n) is 3.61. The molecule has 0 radical (unpaired) electrons. The summed E-state index contributed by atoms with van der Waals surface area (Å²) >= 11 is 0. The second kappa shape index (κ2) is 5.26. The second-order valence-corrected chi connectivity index (χ2v) is 6.36. The molecule has 0 spiro atoms. The number of benzene rings is 1. The lowest BCUT2D eigenvalue weighted by Crippen LogP contribution is -2.62. The van der Waals surface area contributed by atoms with E-state index in [1.807, 2.05) is 30.5 Å². The molecule has 1 unspecified atom stereocenters. The smallest absolute Gasteiger partial charge is 0.147 e. The van der Waals surface area contributed by atoms with Gasteiger partial charge in [-0.2, -0.15) is 0 Å². The van der Waals surface area contributed by atoms with E-state index in [9.17, 15) is 0 Å². The molecule has 0 N–H and O–H groups in total. The van der Waals surface area contributed by atoms with Crippen LogP contribution in [-0.2, 0) is 0 Å². The first-order valence-corrected chi connectivity index (χ1v) is 8.04. The molecule has 0 aliphatic carbocycles. The first-order valence-electron chi connectivity index (χ1n) is 8.04. The summed E-state index contributed by atoms with van der Waals surface area (Å²) in [7, 11) is 0. The zero-order valence-corrected chi connectivity index (χ0v) is 12.6. The van der Waals surface area contributed by atoms with E-state index in [1.165, 1.54) is 25.8 Å². The first-order chi connectivity index (χ1) is 10.3. The van der Waals surface area contributed by atoms with Gasteiger partial charge in [0.2, 0.25) is 0 Å².